The minimum absolute atomic E-state index is 0.574. The van der Waals surface area contributed by atoms with Crippen LogP contribution in [0.3, 0.4) is 0 Å². The number of nitrogens with one attached hydrogen (secondary N) is 2. The molecule has 0 aromatic heterocycles. The predicted molar refractivity (Wildman–Crippen MR) is 116 cm³/mol. The Kier molecular flexibility index (Phi) is 8.88. The predicted octanol–water partition coefficient (Wildman–Crippen LogP) is 4.97. The Hall–Kier alpha value is -1.63. The molecule has 2 aromatic carbocycles. The van der Waals surface area contributed by atoms with E-state index in [1.807, 2.05) is 48.2 Å². The minimum atomic E-state index is 0.574. The molecule has 0 spiro atoms. The third kappa shape index (κ3) is 6.59. The first-order chi connectivity index (χ1) is 12.6. The van der Waals surface area contributed by atoms with Crippen LogP contribution in [0.25, 0.3) is 0 Å². The fraction of sp³-hybridized carbons (Fsp3) is 0.316. The molecule has 0 bridgehead atoms. The number of ether oxygens (including phenoxy) is 2. The minimum Gasteiger partial charge on any atom is -0.497 e. The van der Waals surface area contributed by atoms with Gasteiger partial charge in [0.2, 0.25) is 0 Å². The summed E-state index contributed by atoms with van der Waals surface area (Å²) in [5, 5.41) is 7.77. The largest absolute Gasteiger partial charge is 0.497 e. The van der Waals surface area contributed by atoms with Gasteiger partial charge >= 0.3 is 0 Å². The number of hydrogen-bond donors (Lipinski definition) is 2. The van der Waals surface area contributed by atoms with Gasteiger partial charge in [-0.3, -0.25) is 0 Å². The molecule has 0 aliphatic heterocycles. The van der Waals surface area contributed by atoms with Gasteiger partial charge in [-0.25, -0.2) is 0 Å². The Bertz CT molecular complexity index is 728. The highest BCUT2D eigenvalue weighted by Gasteiger charge is 2.06. The van der Waals surface area contributed by atoms with Crippen molar-refractivity contribution in [2.45, 2.75) is 12.2 Å². The van der Waals surface area contributed by atoms with E-state index in [-0.39, 0.29) is 0 Å². The van der Waals surface area contributed by atoms with E-state index in [1.165, 1.54) is 5.56 Å². The lowest BCUT2D eigenvalue weighted by molar-refractivity contribution is 0.395. The van der Waals surface area contributed by atoms with Crippen LogP contribution in [0.5, 0.6) is 11.5 Å². The molecule has 0 saturated carbocycles. The summed E-state index contributed by atoms with van der Waals surface area (Å²) in [5.74, 6) is 3.38. The second-order valence-electron chi connectivity index (χ2n) is 5.44. The van der Waals surface area contributed by atoms with E-state index < -0.39 is 0 Å². The van der Waals surface area contributed by atoms with Crippen molar-refractivity contribution in [2.75, 3.05) is 31.8 Å². The van der Waals surface area contributed by atoms with E-state index in [0.29, 0.717) is 10.9 Å². The normalized spacial score (nSPS) is 10.3. The van der Waals surface area contributed by atoms with Crippen LogP contribution in [0, 0.1) is 0 Å². The lowest BCUT2D eigenvalue weighted by atomic mass is 10.2. The van der Waals surface area contributed by atoms with Crippen molar-refractivity contribution >= 4 is 46.4 Å². The second kappa shape index (κ2) is 11.2. The number of methoxy groups -OCH3 is 2. The molecule has 0 amide bonds. The van der Waals surface area contributed by atoms with Gasteiger partial charge in [0.25, 0.3) is 0 Å². The summed E-state index contributed by atoms with van der Waals surface area (Å²) < 4.78 is 10.5. The van der Waals surface area contributed by atoms with E-state index in [0.717, 1.165) is 40.9 Å². The molecule has 26 heavy (non-hydrogen) atoms. The maximum Gasteiger partial charge on any atom is 0.170 e. The van der Waals surface area contributed by atoms with Crippen LogP contribution >= 0.6 is 35.6 Å². The maximum atomic E-state index is 6.16. The fourth-order valence-electron chi connectivity index (χ4n) is 2.24. The van der Waals surface area contributed by atoms with Gasteiger partial charge in [0.05, 0.1) is 19.9 Å². The summed E-state index contributed by atoms with van der Waals surface area (Å²) in [5.41, 5.74) is 1.98. The van der Waals surface area contributed by atoms with Crippen molar-refractivity contribution in [3.05, 3.63) is 53.1 Å². The molecule has 0 heterocycles. The number of thiocarbonyl (C=S) groups is 1. The van der Waals surface area contributed by atoms with Gasteiger partial charge in [0.15, 0.2) is 5.11 Å². The van der Waals surface area contributed by atoms with E-state index in [1.54, 1.807) is 14.2 Å². The standard InChI is InChI=1S/C19H23ClN2O2S2/c1-23-15-8-9-17(18(12-15)24-2)22-19(25)21-10-5-11-26-13-14-6-3-4-7-16(14)20/h3-4,6-9,12H,5,10-11,13H2,1-2H3,(H2,21,22,25). The highest BCUT2D eigenvalue weighted by molar-refractivity contribution is 7.98. The maximum absolute atomic E-state index is 6.16. The van der Waals surface area contributed by atoms with Crippen molar-refractivity contribution in [2.24, 2.45) is 0 Å². The zero-order chi connectivity index (χ0) is 18.8. The number of benzene rings is 2. The van der Waals surface area contributed by atoms with Gasteiger partial charge in [-0.2, -0.15) is 11.8 Å². The SMILES string of the molecule is COc1ccc(NC(=S)NCCCSCc2ccccc2Cl)c(OC)c1. The molecule has 2 N–H and O–H groups in total. The zero-order valence-electron chi connectivity index (χ0n) is 14.9. The molecule has 140 valence electrons. The molecule has 0 saturated heterocycles. The van der Waals surface area contributed by atoms with Crippen LogP contribution in [-0.4, -0.2) is 31.6 Å². The molecule has 0 radical (unpaired) electrons. The highest BCUT2D eigenvalue weighted by atomic mass is 35.5. The summed E-state index contributed by atoms with van der Waals surface area (Å²) >= 11 is 13.4. The Labute approximate surface area is 169 Å². The third-order valence-corrected chi connectivity index (χ3v) is 5.33. The van der Waals surface area contributed by atoms with Crippen LogP contribution in [0.4, 0.5) is 5.69 Å². The van der Waals surface area contributed by atoms with Gasteiger partial charge in [0, 0.05) is 23.4 Å². The lowest BCUT2D eigenvalue weighted by Gasteiger charge is -2.14. The summed E-state index contributed by atoms with van der Waals surface area (Å²) in [4.78, 5) is 0. The topological polar surface area (TPSA) is 42.5 Å². The van der Waals surface area contributed by atoms with Crippen LogP contribution in [0.2, 0.25) is 5.02 Å². The Morgan fingerprint density at radius 3 is 2.69 bits per heavy atom. The molecule has 0 aliphatic rings. The lowest BCUT2D eigenvalue weighted by Crippen LogP contribution is -2.29. The van der Waals surface area contributed by atoms with E-state index >= 15 is 0 Å². The van der Waals surface area contributed by atoms with Crippen LogP contribution < -0.4 is 20.1 Å². The quantitative estimate of drug-likeness (QED) is 0.449. The summed E-state index contributed by atoms with van der Waals surface area (Å²) in [6.45, 7) is 0.805. The van der Waals surface area contributed by atoms with Crippen molar-refractivity contribution in [3.63, 3.8) is 0 Å². The summed E-state index contributed by atoms with van der Waals surface area (Å²) in [6, 6.07) is 13.5. The van der Waals surface area contributed by atoms with Crippen LogP contribution in [-0.2, 0) is 5.75 Å². The van der Waals surface area contributed by atoms with Gasteiger partial charge in [-0.15, -0.1) is 0 Å². The molecule has 2 rings (SSSR count). The number of thioether (sulfide) groups is 1. The van der Waals surface area contributed by atoms with Crippen molar-refractivity contribution in [1.29, 1.82) is 0 Å². The molecule has 0 aliphatic carbocycles. The molecule has 0 atom stereocenters. The first-order valence-electron chi connectivity index (χ1n) is 8.22. The molecule has 7 heteroatoms. The van der Waals surface area contributed by atoms with Crippen molar-refractivity contribution in [3.8, 4) is 11.5 Å². The Balaban J connectivity index is 1.67. The van der Waals surface area contributed by atoms with Crippen LogP contribution in [0.1, 0.15) is 12.0 Å². The summed E-state index contributed by atoms with van der Waals surface area (Å²) in [7, 11) is 3.24. The zero-order valence-corrected chi connectivity index (χ0v) is 17.3. The van der Waals surface area contributed by atoms with E-state index in [9.17, 15) is 0 Å². The first kappa shape index (κ1) is 20.7. The van der Waals surface area contributed by atoms with Gasteiger partial charge in [0.1, 0.15) is 11.5 Å². The van der Waals surface area contributed by atoms with E-state index in [2.05, 4.69) is 16.7 Å². The number of hydrogen-bond acceptors (Lipinski definition) is 4. The second-order valence-corrected chi connectivity index (χ2v) is 7.37. The highest BCUT2D eigenvalue weighted by Crippen LogP contribution is 2.28. The van der Waals surface area contributed by atoms with Gasteiger partial charge in [-0.1, -0.05) is 29.8 Å². The molecular formula is C19H23ClN2O2S2. The Morgan fingerprint density at radius 1 is 1.15 bits per heavy atom. The molecule has 0 unspecified atom stereocenters. The fourth-order valence-corrected chi connectivity index (χ4v) is 3.70. The van der Waals surface area contributed by atoms with Gasteiger partial charge in [-0.05, 0) is 48.2 Å². The Morgan fingerprint density at radius 2 is 1.96 bits per heavy atom. The average molecular weight is 411 g/mol. The van der Waals surface area contributed by atoms with Crippen LogP contribution in [0.15, 0.2) is 42.5 Å². The molecular weight excluding hydrogens is 388 g/mol. The number of rotatable bonds is 9. The molecule has 2 aromatic rings. The monoisotopic (exact) mass is 410 g/mol. The van der Waals surface area contributed by atoms with Crippen molar-refractivity contribution < 1.29 is 9.47 Å². The first-order valence-corrected chi connectivity index (χ1v) is 10.2. The number of anilines is 1. The number of halogens is 1. The van der Waals surface area contributed by atoms with Gasteiger partial charge < -0.3 is 20.1 Å². The van der Waals surface area contributed by atoms with Crippen molar-refractivity contribution in [1.82, 2.24) is 5.32 Å². The smallest absolute Gasteiger partial charge is 0.170 e. The van der Waals surface area contributed by atoms with E-state index in [4.69, 9.17) is 33.3 Å². The molecule has 4 nitrogen and oxygen atoms in total. The third-order valence-electron chi connectivity index (χ3n) is 3.62. The molecule has 0 fully saturated rings. The average Bonchev–Trinajstić information content (AvgIpc) is 2.66. The summed E-state index contributed by atoms with van der Waals surface area (Å²) in [6.07, 6.45) is 1.01.